The Morgan fingerprint density at radius 1 is 1.21 bits per heavy atom. The smallest absolute Gasteiger partial charge is 0.223 e. The molecule has 2 aliphatic heterocycles. The van der Waals surface area contributed by atoms with Gasteiger partial charge in [0.2, 0.25) is 11.9 Å². The number of nitrogens with zero attached hydrogens (tertiary/aromatic N) is 4. The number of allylic oxidation sites excluding steroid dienone is 1. The highest BCUT2D eigenvalue weighted by molar-refractivity contribution is 5.80. The second-order valence-corrected chi connectivity index (χ2v) is 7.81. The molecule has 1 aromatic heterocycles. The molecule has 1 amide bonds. The van der Waals surface area contributed by atoms with Crippen LogP contribution in [0.1, 0.15) is 12.8 Å². The van der Waals surface area contributed by atoms with Gasteiger partial charge in [-0.25, -0.2) is 4.98 Å². The second-order valence-electron chi connectivity index (χ2n) is 7.81. The highest BCUT2D eigenvalue weighted by Gasteiger charge is 2.27. The molecule has 2 aliphatic rings. The molecule has 2 fully saturated rings. The SMILES string of the molecule is C=CCn1c(N2CCC(C(=O)NCCN3CCOCC3)CC2)nc2ccccc21. The van der Waals surface area contributed by atoms with Gasteiger partial charge in [-0.05, 0) is 25.0 Å². The van der Waals surface area contributed by atoms with E-state index in [4.69, 9.17) is 9.72 Å². The summed E-state index contributed by atoms with van der Waals surface area (Å²) in [5.41, 5.74) is 2.14. The van der Waals surface area contributed by atoms with E-state index in [1.807, 2.05) is 24.3 Å². The summed E-state index contributed by atoms with van der Waals surface area (Å²) in [7, 11) is 0. The largest absolute Gasteiger partial charge is 0.379 e. The van der Waals surface area contributed by atoms with E-state index in [1.165, 1.54) is 0 Å². The first kappa shape index (κ1) is 19.9. The average Bonchev–Trinajstić information content (AvgIpc) is 3.13. The minimum absolute atomic E-state index is 0.0909. The number of amides is 1. The molecule has 0 unspecified atom stereocenters. The Kier molecular flexibility index (Phi) is 6.46. The van der Waals surface area contributed by atoms with Crippen LogP contribution in [0.5, 0.6) is 0 Å². The zero-order valence-electron chi connectivity index (χ0n) is 17.1. The lowest BCUT2D eigenvalue weighted by Gasteiger charge is -2.32. The lowest BCUT2D eigenvalue weighted by Crippen LogP contribution is -2.44. The summed E-state index contributed by atoms with van der Waals surface area (Å²) >= 11 is 0. The molecule has 3 heterocycles. The van der Waals surface area contributed by atoms with Crippen LogP contribution >= 0.6 is 0 Å². The molecule has 156 valence electrons. The number of fused-ring (bicyclic) bond motifs is 1. The van der Waals surface area contributed by atoms with Crippen molar-refractivity contribution in [3.8, 4) is 0 Å². The van der Waals surface area contributed by atoms with Crippen molar-refractivity contribution in [1.82, 2.24) is 19.8 Å². The molecule has 1 aromatic carbocycles. The predicted molar refractivity (Wildman–Crippen MR) is 115 cm³/mol. The van der Waals surface area contributed by atoms with E-state index in [1.54, 1.807) is 0 Å². The average molecular weight is 398 g/mol. The predicted octanol–water partition coefficient (Wildman–Crippen LogP) is 1.89. The summed E-state index contributed by atoms with van der Waals surface area (Å²) in [6.07, 6.45) is 3.63. The lowest BCUT2D eigenvalue weighted by molar-refractivity contribution is -0.125. The van der Waals surface area contributed by atoms with E-state index < -0.39 is 0 Å². The number of hydrogen-bond acceptors (Lipinski definition) is 5. The maximum Gasteiger partial charge on any atom is 0.223 e. The fourth-order valence-corrected chi connectivity index (χ4v) is 4.26. The molecule has 2 saturated heterocycles. The minimum Gasteiger partial charge on any atom is -0.379 e. The number of para-hydroxylation sites is 2. The summed E-state index contributed by atoms with van der Waals surface area (Å²) in [6.45, 7) is 11.5. The van der Waals surface area contributed by atoms with Gasteiger partial charge < -0.3 is 19.5 Å². The first-order valence-electron chi connectivity index (χ1n) is 10.6. The Hall–Kier alpha value is -2.38. The number of benzene rings is 1. The van der Waals surface area contributed by atoms with Crippen molar-refractivity contribution in [2.45, 2.75) is 19.4 Å². The van der Waals surface area contributed by atoms with Crippen molar-refractivity contribution < 1.29 is 9.53 Å². The van der Waals surface area contributed by atoms with Gasteiger partial charge in [0, 0.05) is 51.7 Å². The van der Waals surface area contributed by atoms with Crippen LogP contribution in [0.2, 0.25) is 0 Å². The Bertz CT molecular complexity index is 835. The quantitative estimate of drug-likeness (QED) is 0.723. The number of nitrogens with one attached hydrogen (secondary N) is 1. The van der Waals surface area contributed by atoms with Crippen LogP contribution in [0.15, 0.2) is 36.9 Å². The van der Waals surface area contributed by atoms with E-state index in [0.717, 1.165) is 82.3 Å². The van der Waals surface area contributed by atoms with Gasteiger partial charge in [-0.1, -0.05) is 18.2 Å². The van der Waals surface area contributed by atoms with Crippen LogP contribution in [0.3, 0.4) is 0 Å². The van der Waals surface area contributed by atoms with Crippen molar-refractivity contribution in [3.63, 3.8) is 0 Å². The third-order valence-electron chi connectivity index (χ3n) is 5.93. The molecule has 4 rings (SSSR count). The molecule has 0 saturated carbocycles. The number of ether oxygens (including phenoxy) is 1. The van der Waals surface area contributed by atoms with Crippen LogP contribution < -0.4 is 10.2 Å². The monoisotopic (exact) mass is 397 g/mol. The molecule has 0 radical (unpaired) electrons. The summed E-state index contributed by atoms with van der Waals surface area (Å²) < 4.78 is 7.58. The number of carbonyl (C=O) groups excluding carboxylic acids is 1. The van der Waals surface area contributed by atoms with Gasteiger partial charge in [0.15, 0.2) is 0 Å². The van der Waals surface area contributed by atoms with Crippen molar-refractivity contribution in [2.75, 3.05) is 57.4 Å². The van der Waals surface area contributed by atoms with Gasteiger partial charge in [-0.2, -0.15) is 0 Å². The van der Waals surface area contributed by atoms with Gasteiger partial charge in [-0.15, -0.1) is 6.58 Å². The number of imidazole rings is 1. The normalized spacial score (nSPS) is 18.8. The van der Waals surface area contributed by atoms with Gasteiger partial charge in [0.25, 0.3) is 0 Å². The van der Waals surface area contributed by atoms with E-state index in [9.17, 15) is 4.79 Å². The number of hydrogen-bond donors (Lipinski definition) is 1. The number of carbonyl (C=O) groups is 1. The maximum atomic E-state index is 12.6. The van der Waals surface area contributed by atoms with Crippen molar-refractivity contribution in [3.05, 3.63) is 36.9 Å². The fraction of sp³-hybridized carbons (Fsp3) is 0.545. The maximum absolute atomic E-state index is 12.6. The Balaban J connectivity index is 1.31. The molecule has 29 heavy (non-hydrogen) atoms. The van der Waals surface area contributed by atoms with Crippen LogP contribution in [0.25, 0.3) is 11.0 Å². The summed E-state index contributed by atoms with van der Waals surface area (Å²) in [6, 6.07) is 8.21. The third kappa shape index (κ3) is 4.62. The number of morpholine rings is 1. The zero-order valence-corrected chi connectivity index (χ0v) is 17.1. The van der Waals surface area contributed by atoms with Gasteiger partial charge in [-0.3, -0.25) is 9.69 Å². The molecule has 0 atom stereocenters. The molecule has 0 spiro atoms. The molecular weight excluding hydrogens is 366 g/mol. The van der Waals surface area contributed by atoms with Crippen LogP contribution in [0, 0.1) is 5.92 Å². The molecule has 1 N–H and O–H groups in total. The number of anilines is 1. The standard InChI is InChI=1S/C22H31N5O2/c1-2-10-27-20-6-4-3-5-19(20)24-22(27)26-11-7-18(8-12-26)21(28)23-9-13-25-14-16-29-17-15-25/h2-6,18H,1,7-17H2,(H,23,28). The summed E-state index contributed by atoms with van der Waals surface area (Å²) in [5, 5.41) is 3.13. The van der Waals surface area contributed by atoms with Crippen molar-refractivity contribution in [1.29, 1.82) is 0 Å². The number of aromatic nitrogens is 2. The topological polar surface area (TPSA) is 62.6 Å². The molecule has 2 aromatic rings. The van der Waals surface area contributed by atoms with Crippen molar-refractivity contribution in [2.24, 2.45) is 5.92 Å². The van der Waals surface area contributed by atoms with E-state index in [0.29, 0.717) is 6.54 Å². The van der Waals surface area contributed by atoms with Crippen LogP contribution in [-0.2, 0) is 16.1 Å². The first-order chi connectivity index (χ1) is 14.3. The number of rotatable bonds is 7. The molecular formula is C22H31N5O2. The Morgan fingerprint density at radius 2 is 1.97 bits per heavy atom. The second kappa shape index (κ2) is 9.41. The first-order valence-corrected chi connectivity index (χ1v) is 10.6. The van der Waals surface area contributed by atoms with Gasteiger partial charge >= 0.3 is 0 Å². The Labute approximate surface area is 172 Å². The number of piperidine rings is 1. The van der Waals surface area contributed by atoms with Crippen molar-refractivity contribution >= 4 is 22.9 Å². The Morgan fingerprint density at radius 3 is 2.72 bits per heavy atom. The zero-order chi connectivity index (χ0) is 20.1. The highest BCUT2D eigenvalue weighted by atomic mass is 16.5. The van der Waals surface area contributed by atoms with Crippen LogP contribution in [-0.4, -0.2) is 72.8 Å². The van der Waals surface area contributed by atoms with Crippen LogP contribution in [0.4, 0.5) is 5.95 Å². The van der Waals surface area contributed by atoms with E-state index >= 15 is 0 Å². The molecule has 7 nitrogen and oxygen atoms in total. The minimum atomic E-state index is 0.0909. The molecule has 7 heteroatoms. The van der Waals surface area contributed by atoms with Gasteiger partial charge in [0.05, 0.1) is 24.2 Å². The van der Waals surface area contributed by atoms with Gasteiger partial charge in [0.1, 0.15) is 0 Å². The third-order valence-corrected chi connectivity index (χ3v) is 5.93. The fourth-order valence-electron chi connectivity index (χ4n) is 4.26. The lowest BCUT2D eigenvalue weighted by atomic mass is 9.96. The molecule has 0 bridgehead atoms. The van der Waals surface area contributed by atoms with E-state index in [-0.39, 0.29) is 11.8 Å². The molecule has 0 aliphatic carbocycles. The summed E-state index contributed by atoms with van der Waals surface area (Å²) in [4.78, 5) is 22.1. The summed E-state index contributed by atoms with van der Waals surface area (Å²) in [5.74, 6) is 1.27. The highest BCUT2D eigenvalue weighted by Crippen LogP contribution is 2.27. The van der Waals surface area contributed by atoms with E-state index in [2.05, 4.69) is 32.3 Å².